The Kier molecular flexibility index (Phi) is 6.51. The number of rotatable bonds is 4. The first-order valence-corrected chi connectivity index (χ1v) is 3.91. The molecular formula is C6H6Cl2O4. The molecule has 0 aromatic heterocycles. The number of hydrogen-bond acceptors (Lipinski definition) is 4. The van der Waals surface area contributed by atoms with Gasteiger partial charge in [0.2, 0.25) is 0 Å². The molecule has 0 saturated heterocycles. The van der Waals surface area contributed by atoms with E-state index < -0.39 is 11.9 Å². The molecule has 0 aliphatic carbocycles. The fourth-order valence-corrected chi connectivity index (χ4v) is 0.555. The molecule has 0 aromatic carbocycles. The molecule has 0 spiro atoms. The summed E-state index contributed by atoms with van der Waals surface area (Å²) < 4.78 is 8.54. The quantitative estimate of drug-likeness (QED) is 0.397. The predicted molar refractivity (Wildman–Crippen MR) is 42.8 cm³/mol. The third-order valence-corrected chi connectivity index (χ3v) is 0.967. The minimum Gasteiger partial charge on any atom is -0.446 e. The first kappa shape index (κ1) is 11.3. The number of carbonyl (C=O) groups excluding carboxylic acids is 2. The Bertz CT molecular complexity index is 170. The highest BCUT2D eigenvalue weighted by Gasteiger charge is 1.98. The first-order valence-electron chi connectivity index (χ1n) is 2.84. The smallest absolute Gasteiger partial charge is 0.332 e. The molecule has 0 aliphatic rings. The Morgan fingerprint density at radius 2 is 1.33 bits per heavy atom. The van der Waals surface area contributed by atoms with E-state index in [2.05, 4.69) is 9.47 Å². The van der Waals surface area contributed by atoms with Crippen molar-refractivity contribution in [3.63, 3.8) is 0 Å². The van der Waals surface area contributed by atoms with Crippen LogP contribution in [0.25, 0.3) is 0 Å². The number of carbonyl (C=O) groups is 2. The van der Waals surface area contributed by atoms with Gasteiger partial charge in [-0.15, -0.1) is 0 Å². The number of esters is 2. The number of ether oxygens (including phenoxy) is 2. The van der Waals surface area contributed by atoms with Gasteiger partial charge in [-0.25, -0.2) is 9.59 Å². The summed E-state index contributed by atoms with van der Waals surface area (Å²) in [6, 6.07) is -0.512. The molecule has 0 unspecified atom stereocenters. The van der Waals surface area contributed by atoms with Crippen molar-refractivity contribution in [2.45, 2.75) is 0 Å². The lowest BCUT2D eigenvalue weighted by Gasteiger charge is -1.93. The normalized spacial score (nSPS) is 9.83. The first-order chi connectivity index (χ1) is 5.70. The van der Waals surface area contributed by atoms with Gasteiger partial charge in [-0.1, -0.05) is 23.2 Å². The van der Waals surface area contributed by atoms with Crippen LogP contribution in [-0.4, -0.2) is 24.1 Å². The van der Waals surface area contributed by atoms with Crippen molar-refractivity contribution in [1.82, 2.24) is 0 Å². The summed E-state index contributed by atoms with van der Waals surface area (Å²) in [5.74, 6) is -1.42. The summed E-state index contributed by atoms with van der Waals surface area (Å²) in [6.45, 7) is 0. The van der Waals surface area contributed by atoms with E-state index in [4.69, 9.17) is 23.2 Å². The zero-order valence-electron chi connectivity index (χ0n) is 5.96. The highest BCUT2D eigenvalue weighted by Crippen LogP contribution is 1.87. The van der Waals surface area contributed by atoms with E-state index >= 15 is 0 Å². The van der Waals surface area contributed by atoms with E-state index in [-0.39, 0.29) is 12.1 Å². The van der Waals surface area contributed by atoms with Crippen LogP contribution in [0.1, 0.15) is 0 Å². The van der Waals surface area contributed by atoms with Gasteiger partial charge in [0.25, 0.3) is 0 Å². The summed E-state index contributed by atoms with van der Waals surface area (Å²) in [5, 5.41) is 0. The SMILES string of the molecule is O=C(C=CC(=O)OCCl)OCCl. The van der Waals surface area contributed by atoms with Gasteiger partial charge in [0.15, 0.2) is 12.1 Å². The molecule has 0 heterocycles. The van der Waals surface area contributed by atoms with Gasteiger partial charge < -0.3 is 9.47 Å². The minimum absolute atomic E-state index is 0.256. The molecule has 0 amide bonds. The van der Waals surface area contributed by atoms with Gasteiger partial charge in [-0.05, 0) is 0 Å². The maximum Gasteiger partial charge on any atom is 0.332 e. The molecule has 0 atom stereocenters. The number of alkyl halides is 2. The Morgan fingerprint density at radius 1 is 1.00 bits per heavy atom. The molecule has 0 aromatic rings. The van der Waals surface area contributed by atoms with Gasteiger partial charge in [0.05, 0.1) is 0 Å². The second-order valence-electron chi connectivity index (χ2n) is 1.48. The van der Waals surface area contributed by atoms with E-state index in [0.29, 0.717) is 0 Å². The Labute approximate surface area is 79.0 Å². The van der Waals surface area contributed by atoms with Crippen LogP contribution in [0, 0.1) is 0 Å². The van der Waals surface area contributed by atoms with Gasteiger partial charge in [-0.2, -0.15) is 0 Å². The van der Waals surface area contributed by atoms with Crippen LogP contribution in [0.3, 0.4) is 0 Å². The van der Waals surface area contributed by atoms with Gasteiger partial charge >= 0.3 is 11.9 Å². The summed E-state index contributed by atoms with van der Waals surface area (Å²) in [5.41, 5.74) is 0. The second-order valence-corrected chi connectivity index (χ2v) is 1.91. The van der Waals surface area contributed by atoms with Crippen LogP contribution < -0.4 is 0 Å². The highest BCUT2D eigenvalue weighted by molar-refractivity contribution is 6.18. The zero-order chi connectivity index (χ0) is 9.40. The fourth-order valence-electron chi connectivity index (χ4n) is 0.340. The fraction of sp³-hybridized carbons (Fsp3) is 0.333. The maximum absolute atomic E-state index is 10.5. The molecule has 68 valence electrons. The van der Waals surface area contributed by atoms with Crippen molar-refractivity contribution in [3.05, 3.63) is 12.2 Å². The lowest BCUT2D eigenvalue weighted by atomic mass is 10.5. The van der Waals surface area contributed by atoms with Crippen molar-refractivity contribution in [2.75, 3.05) is 12.1 Å². The standard InChI is InChI=1S/C6H6Cl2O4/c7-3-11-5(9)1-2-6(10)12-4-8/h1-2H,3-4H2. The summed E-state index contributed by atoms with van der Waals surface area (Å²) >= 11 is 10.1. The lowest BCUT2D eigenvalue weighted by molar-refractivity contribution is -0.138. The van der Waals surface area contributed by atoms with Crippen LogP contribution >= 0.6 is 23.2 Å². The predicted octanol–water partition coefficient (Wildman–Crippen LogP) is 1.02. The third-order valence-electron chi connectivity index (χ3n) is 0.749. The minimum atomic E-state index is -0.712. The molecule has 12 heavy (non-hydrogen) atoms. The van der Waals surface area contributed by atoms with Gasteiger partial charge in [0, 0.05) is 12.2 Å². The highest BCUT2D eigenvalue weighted by atomic mass is 35.5. The second kappa shape index (κ2) is 6.94. The Balaban J connectivity index is 3.73. The molecule has 0 aliphatic heterocycles. The molecule has 0 fully saturated rings. The van der Waals surface area contributed by atoms with Crippen molar-refractivity contribution in [1.29, 1.82) is 0 Å². The third kappa shape index (κ3) is 6.00. The molecule has 6 heteroatoms. The monoisotopic (exact) mass is 212 g/mol. The van der Waals surface area contributed by atoms with E-state index in [1.165, 1.54) is 0 Å². The molecule has 0 saturated carbocycles. The average Bonchev–Trinajstić information content (AvgIpc) is 2.02. The number of hydrogen-bond donors (Lipinski definition) is 0. The van der Waals surface area contributed by atoms with Crippen LogP contribution in [0.2, 0.25) is 0 Å². The Morgan fingerprint density at radius 3 is 1.58 bits per heavy atom. The molecule has 0 N–H and O–H groups in total. The topological polar surface area (TPSA) is 52.6 Å². The molecule has 0 rings (SSSR count). The average molecular weight is 213 g/mol. The molecule has 0 radical (unpaired) electrons. The van der Waals surface area contributed by atoms with Crippen molar-refractivity contribution >= 4 is 35.1 Å². The van der Waals surface area contributed by atoms with Gasteiger partial charge in [0.1, 0.15) is 0 Å². The summed E-state index contributed by atoms with van der Waals surface area (Å²) in [6.07, 6.45) is 1.80. The molecule has 4 nitrogen and oxygen atoms in total. The van der Waals surface area contributed by atoms with Crippen molar-refractivity contribution < 1.29 is 19.1 Å². The Hall–Kier alpha value is -0.740. The zero-order valence-corrected chi connectivity index (χ0v) is 7.47. The lowest BCUT2D eigenvalue weighted by Crippen LogP contribution is -2.02. The molecular weight excluding hydrogens is 207 g/mol. The van der Waals surface area contributed by atoms with Gasteiger partial charge in [-0.3, -0.25) is 0 Å². The van der Waals surface area contributed by atoms with E-state index in [9.17, 15) is 9.59 Å². The maximum atomic E-state index is 10.5. The van der Waals surface area contributed by atoms with E-state index in [1.54, 1.807) is 0 Å². The van der Waals surface area contributed by atoms with Crippen LogP contribution in [0.5, 0.6) is 0 Å². The summed E-state index contributed by atoms with van der Waals surface area (Å²) in [4.78, 5) is 21.0. The van der Waals surface area contributed by atoms with Crippen LogP contribution in [0.4, 0.5) is 0 Å². The summed E-state index contributed by atoms with van der Waals surface area (Å²) in [7, 11) is 0. The van der Waals surface area contributed by atoms with Crippen molar-refractivity contribution in [2.24, 2.45) is 0 Å². The van der Waals surface area contributed by atoms with E-state index in [0.717, 1.165) is 12.2 Å². The largest absolute Gasteiger partial charge is 0.446 e. The number of halogens is 2. The van der Waals surface area contributed by atoms with E-state index in [1.807, 2.05) is 0 Å². The van der Waals surface area contributed by atoms with Crippen molar-refractivity contribution in [3.8, 4) is 0 Å². The van der Waals surface area contributed by atoms with Crippen LogP contribution in [-0.2, 0) is 19.1 Å². The van der Waals surface area contributed by atoms with Crippen LogP contribution in [0.15, 0.2) is 12.2 Å². The molecule has 0 bridgehead atoms.